The van der Waals surface area contributed by atoms with E-state index in [0.717, 1.165) is 11.1 Å². The van der Waals surface area contributed by atoms with E-state index in [0.29, 0.717) is 12.3 Å². The summed E-state index contributed by atoms with van der Waals surface area (Å²) >= 11 is 0. The molecule has 0 aromatic heterocycles. The van der Waals surface area contributed by atoms with Crippen molar-refractivity contribution in [1.29, 1.82) is 0 Å². The molecule has 0 bridgehead atoms. The maximum atomic E-state index is 12.9. The molecule has 0 unspecified atom stereocenters. The third kappa shape index (κ3) is 5.08. The van der Waals surface area contributed by atoms with Crippen molar-refractivity contribution in [3.63, 3.8) is 0 Å². The van der Waals surface area contributed by atoms with Crippen LogP contribution in [0, 0.1) is 6.92 Å². The Morgan fingerprint density at radius 1 is 1.11 bits per heavy atom. The first-order valence-corrected chi connectivity index (χ1v) is 10.2. The van der Waals surface area contributed by atoms with Crippen molar-refractivity contribution in [2.75, 3.05) is 27.2 Å². The standard InChI is InChI=1S/C20H26N2O4S/c1-5-22(15-20(23)21(3)14-17-9-7-6-8-10-17)27(24,25)18-11-12-19(26-4)16(2)13-18/h6-13H,5,14-15H2,1-4H3. The van der Waals surface area contributed by atoms with Crippen LogP contribution in [0.2, 0.25) is 0 Å². The normalized spacial score (nSPS) is 11.4. The molecule has 0 aliphatic carbocycles. The molecular weight excluding hydrogens is 364 g/mol. The van der Waals surface area contributed by atoms with Crippen molar-refractivity contribution in [3.8, 4) is 5.75 Å². The number of hydrogen-bond donors (Lipinski definition) is 0. The first kappa shape index (κ1) is 20.9. The minimum absolute atomic E-state index is 0.154. The van der Waals surface area contributed by atoms with Crippen molar-refractivity contribution >= 4 is 15.9 Å². The van der Waals surface area contributed by atoms with E-state index in [9.17, 15) is 13.2 Å². The maximum Gasteiger partial charge on any atom is 0.243 e. The molecule has 0 radical (unpaired) electrons. The Labute approximate surface area is 161 Å². The number of nitrogens with zero attached hydrogens (tertiary/aromatic N) is 2. The van der Waals surface area contributed by atoms with Crippen molar-refractivity contribution in [2.24, 2.45) is 0 Å². The second-order valence-electron chi connectivity index (χ2n) is 6.30. The van der Waals surface area contributed by atoms with Crippen LogP contribution in [0.4, 0.5) is 0 Å². The maximum absolute atomic E-state index is 12.9. The van der Waals surface area contributed by atoms with Gasteiger partial charge in [0.15, 0.2) is 0 Å². The minimum Gasteiger partial charge on any atom is -0.496 e. The SMILES string of the molecule is CCN(CC(=O)N(C)Cc1ccccc1)S(=O)(=O)c1ccc(OC)c(C)c1. The summed E-state index contributed by atoms with van der Waals surface area (Å²) in [6.45, 7) is 3.94. The van der Waals surface area contributed by atoms with Gasteiger partial charge < -0.3 is 9.64 Å². The molecule has 2 aromatic carbocycles. The molecule has 0 aliphatic rings. The number of sulfonamides is 1. The third-order valence-corrected chi connectivity index (χ3v) is 6.27. The summed E-state index contributed by atoms with van der Waals surface area (Å²) in [6, 6.07) is 14.3. The summed E-state index contributed by atoms with van der Waals surface area (Å²) in [6.07, 6.45) is 0. The molecular formula is C20H26N2O4S. The fourth-order valence-corrected chi connectivity index (χ4v) is 4.23. The Hall–Kier alpha value is -2.38. The molecule has 1 amide bonds. The molecule has 0 saturated carbocycles. The number of rotatable bonds is 8. The monoisotopic (exact) mass is 390 g/mol. The third-order valence-electron chi connectivity index (χ3n) is 4.36. The summed E-state index contributed by atoms with van der Waals surface area (Å²) in [7, 11) is -0.558. The number of carbonyl (C=O) groups is 1. The molecule has 146 valence electrons. The van der Waals surface area contributed by atoms with E-state index >= 15 is 0 Å². The van der Waals surface area contributed by atoms with Gasteiger partial charge in [0, 0.05) is 20.1 Å². The lowest BCUT2D eigenvalue weighted by Crippen LogP contribution is -2.41. The van der Waals surface area contributed by atoms with Crippen LogP contribution in [-0.4, -0.2) is 50.8 Å². The summed E-state index contributed by atoms with van der Waals surface area (Å²) in [5.74, 6) is 0.366. The van der Waals surface area contributed by atoms with Gasteiger partial charge in [-0.1, -0.05) is 37.3 Å². The minimum atomic E-state index is -3.77. The number of likely N-dealkylation sites (N-methyl/N-ethyl adjacent to an activating group) is 2. The molecule has 0 atom stereocenters. The van der Waals surface area contributed by atoms with E-state index in [-0.39, 0.29) is 23.9 Å². The van der Waals surface area contributed by atoms with Gasteiger partial charge in [0.1, 0.15) is 5.75 Å². The van der Waals surface area contributed by atoms with Gasteiger partial charge in [0.05, 0.1) is 18.6 Å². The predicted molar refractivity (Wildman–Crippen MR) is 105 cm³/mol. The highest BCUT2D eigenvalue weighted by Gasteiger charge is 2.27. The number of aryl methyl sites for hydroxylation is 1. The van der Waals surface area contributed by atoms with Crippen LogP contribution in [0.25, 0.3) is 0 Å². The highest BCUT2D eigenvalue weighted by Crippen LogP contribution is 2.23. The van der Waals surface area contributed by atoms with Gasteiger partial charge >= 0.3 is 0 Å². The van der Waals surface area contributed by atoms with Gasteiger partial charge in [-0.05, 0) is 36.2 Å². The Morgan fingerprint density at radius 2 is 1.78 bits per heavy atom. The van der Waals surface area contributed by atoms with Crippen LogP contribution in [0.3, 0.4) is 0 Å². The molecule has 0 aliphatic heterocycles. The van der Waals surface area contributed by atoms with Crippen molar-refractivity contribution in [1.82, 2.24) is 9.21 Å². The number of amides is 1. The Bertz CT molecular complexity index is 882. The second-order valence-corrected chi connectivity index (χ2v) is 8.24. The van der Waals surface area contributed by atoms with Crippen LogP contribution in [-0.2, 0) is 21.4 Å². The van der Waals surface area contributed by atoms with Crippen molar-refractivity contribution in [2.45, 2.75) is 25.3 Å². The van der Waals surface area contributed by atoms with Crippen LogP contribution in [0.15, 0.2) is 53.4 Å². The Morgan fingerprint density at radius 3 is 2.33 bits per heavy atom. The van der Waals surface area contributed by atoms with E-state index in [1.54, 1.807) is 33.0 Å². The van der Waals surface area contributed by atoms with Gasteiger partial charge in [-0.25, -0.2) is 8.42 Å². The molecule has 2 aromatic rings. The van der Waals surface area contributed by atoms with Gasteiger partial charge in [-0.3, -0.25) is 4.79 Å². The van der Waals surface area contributed by atoms with E-state index in [2.05, 4.69) is 0 Å². The second kappa shape index (κ2) is 9.01. The predicted octanol–water partition coefficient (Wildman–Crippen LogP) is 2.67. The molecule has 0 saturated heterocycles. The van der Waals surface area contributed by atoms with E-state index in [1.807, 2.05) is 30.3 Å². The summed E-state index contributed by atoms with van der Waals surface area (Å²) in [5.41, 5.74) is 1.71. The van der Waals surface area contributed by atoms with Gasteiger partial charge in [0.25, 0.3) is 0 Å². The van der Waals surface area contributed by atoms with Gasteiger partial charge in [0.2, 0.25) is 15.9 Å². The zero-order valence-electron chi connectivity index (χ0n) is 16.2. The lowest BCUT2D eigenvalue weighted by molar-refractivity contribution is -0.130. The first-order valence-electron chi connectivity index (χ1n) is 8.72. The molecule has 7 heteroatoms. The lowest BCUT2D eigenvalue weighted by atomic mass is 10.2. The van der Waals surface area contributed by atoms with Crippen molar-refractivity contribution in [3.05, 3.63) is 59.7 Å². The molecule has 0 spiro atoms. The Kier molecular flexibility index (Phi) is 6.98. The Balaban J connectivity index is 2.15. The van der Waals surface area contributed by atoms with Crippen LogP contribution >= 0.6 is 0 Å². The van der Waals surface area contributed by atoms with E-state index in [4.69, 9.17) is 4.74 Å². The topological polar surface area (TPSA) is 66.9 Å². The van der Waals surface area contributed by atoms with Gasteiger partial charge in [-0.2, -0.15) is 4.31 Å². The lowest BCUT2D eigenvalue weighted by Gasteiger charge is -2.24. The van der Waals surface area contributed by atoms with Crippen LogP contribution < -0.4 is 4.74 Å². The molecule has 27 heavy (non-hydrogen) atoms. The smallest absolute Gasteiger partial charge is 0.243 e. The van der Waals surface area contributed by atoms with Crippen LogP contribution in [0.5, 0.6) is 5.75 Å². The van der Waals surface area contributed by atoms with Crippen LogP contribution in [0.1, 0.15) is 18.1 Å². The quantitative estimate of drug-likeness (QED) is 0.695. The van der Waals surface area contributed by atoms with Gasteiger partial charge in [-0.15, -0.1) is 0 Å². The molecule has 0 heterocycles. The fourth-order valence-electron chi connectivity index (χ4n) is 2.74. The average Bonchev–Trinajstić information content (AvgIpc) is 2.66. The van der Waals surface area contributed by atoms with E-state index < -0.39 is 10.0 Å². The van der Waals surface area contributed by atoms with E-state index in [1.165, 1.54) is 22.4 Å². The summed E-state index contributed by atoms with van der Waals surface area (Å²) in [4.78, 5) is 14.3. The number of hydrogen-bond acceptors (Lipinski definition) is 4. The summed E-state index contributed by atoms with van der Waals surface area (Å²) < 4.78 is 32.3. The largest absolute Gasteiger partial charge is 0.496 e. The zero-order chi connectivity index (χ0) is 20.0. The number of benzene rings is 2. The number of carbonyl (C=O) groups excluding carboxylic acids is 1. The van der Waals surface area contributed by atoms with Crippen molar-refractivity contribution < 1.29 is 17.9 Å². The molecule has 0 fully saturated rings. The first-order chi connectivity index (χ1) is 12.8. The molecule has 2 rings (SSSR count). The average molecular weight is 391 g/mol. The molecule has 6 nitrogen and oxygen atoms in total. The highest BCUT2D eigenvalue weighted by atomic mass is 32.2. The number of methoxy groups -OCH3 is 1. The summed E-state index contributed by atoms with van der Waals surface area (Å²) in [5, 5.41) is 0. The fraction of sp³-hybridized carbons (Fsp3) is 0.350. The number of ether oxygens (including phenoxy) is 1. The highest BCUT2D eigenvalue weighted by molar-refractivity contribution is 7.89. The zero-order valence-corrected chi connectivity index (χ0v) is 17.0. The molecule has 0 N–H and O–H groups in total.